The van der Waals surface area contributed by atoms with Crippen molar-refractivity contribution in [1.29, 1.82) is 0 Å². The van der Waals surface area contributed by atoms with E-state index in [2.05, 4.69) is 44.6 Å². The van der Waals surface area contributed by atoms with Gasteiger partial charge in [-0.25, -0.2) is 9.97 Å². The van der Waals surface area contributed by atoms with Gasteiger partial charge in [0.05, 0.1) is 12.2 Å². The first kappa shape index (κ1) is 22.2. The van der Waals surface area contributed by atoms with Crippen LogP contribution >= 0.6 is 0 Å². The van der Waals surface area contributed by atoms with Gasteiger partial charge in [0.15, 0.2) is 5.78 Å². The molecule has 0 aliphatic carbocycles. The highest BCUT2D eigenvalue weighted by atomic mass is 16.2. The molecule has 0 aliphatic heterocycles. The van der Waals surface area contributed by atoms with Gasteiger partial charge in [-0.2, -0.15) is 0 Å². The zero-order valence-corrected chi connectivity index (χ0v) is 18.1. The quantitative estimate of drug-likeness (QED) is 0.502. The van der Waals surface area contributed by atoms with Crippen molar-refractivity contribution in [2.75, 3.05) is 11.9 Å². The van der Waals surface area contributed by atoms with Crippen LogP contribution in [0.3, 0.4) is 0 Å². The molecule has 0 fully saturated rings. The second-order valence-corrected chi connectivity index (χ2v) is 7.24. The fourth-order valence-corrected chi connectivity index (χ4v) is 3.10. The molecule has 0 saturated heterocycles. The maximum absolute atomic E-state index is 12.5. The number of benzene rings is 1. The molecule has 0 radical (unpaired) electrons. The molecule has 1 amide bonds. The predicted octanol–water partition coefficient (Wildman–Crippen LogP) is 4.22. The Bertz CT molecular complexity index is 1070. The molecular weight excluding hydrogens is 390 g/mol. The number of pyridine rings is 1. The van der Waals surface area contributed by atoms with E-state index < -0.39 is 0 Å². The number of rotatable bonds is 9. The molecule has 31 heavy (non-hydrogen) atoms. The van der Waals surface area contributed by atoms with Crippen LogP contribution in [0.25, 0.3) is 11.1 Å². The van der Waals surface area contributed by atoms with Gasteiger partial charge in [-0.15, -0.1) is 0 Å². The highest BCUT2D eigenvalue weighted by Gasteiger charge is 2.15. The highest BCUT2D eigenvalue weighted by molar-refractivity contribution is 6.04. The number of Topliss-reactive ketones (excluding diaryl/α,β-unsaturated/α-hetero) is 1. The van der Waals surface area contributed by atoms with E-state index in [1.165, 1.54) is 5.56 Å². The van der Waals surface area contributed by atoms with E-state index >= 15 is 0 Å². The number of anilines is 1. The lowest BCUT2D eigenvalue weighted by atomic mass is 10.0. The molecule has 2 N–H and O–H groups in total. The molecule has 7 heteroatoms. The first-order valence-electron chi connectivity index (χ1n) is 10.4. The van der Waals surface area contributed by atoms with Crippen LogP contribution in [0.4, 0.5) is 5.69 Å². The smallest absolute Gasteiger partial charge is 0.238 e. The van der Waals surface area contributed by atoms with Gasteiger partial charge < -0.3 is 10.6 Å². The average molecular weight is 422 g/mol. The molecule has 3 rings (SSSR count). The summed E-state index contributed by atoms with van der Waals surface area (Å²) in [4.78, 5) is 37.5. The Kier molecular flexibility index (Phi) is 7.56. The Morgan fingerprint density at radius 3 is 2.45 bits per heavy atom. The van der Waals surface area contributed by atoms with Crippen LogP contribution < -0.4 is 10.6 Å². The fourth-order valence-electron chi connectivity index (χ4n) is 3.10. The van der Waals surface area contributed by atoms with E-state index in [1.807, 2.05) is 25.1 Å². The molecule has 7 nitrogen and oxygen atoms in total. The number of aryl methyl sites for hydroxylation is 2. The minimum absolute atomic E-state index is 0. The molecule has 0 saturated carbocycles. The Morgan fingerprint density at radius 2 is 1.74 bits per heavy atom. The van der Waals surface area contributed by atoms with Crippen molar-refractivity contribution in [3.8, 4) is 11.1 Å². The Morgan fingerprint density at radius 1 is 0.968 bits per heavy atom. The van der Waals surface area contributed by atoms with Crippen molar-refractivity contribution in [2.45, 2.75) is 40.2 Å². The molecule has 164 valence electrons. The van der Waals surface area contributed by atoms with Crippen LogP contribution in [0.1, 0.15) is 50.6 Å². The van der Waals surface area contributed by atoms with Crippen LogP contribution in [0.15, 0.2) is 48.9 Å². The monoisotopic (exact) mass is 421 g/mol. The predicted molar refractivity (Wildman–Crippen MR) is 125 cm³/mol. The number of hydrogen-bond donors (Lipinski definition) is 2. The van der Waals surface area contributed by atoms with Gasteiger partial charge in [0.25, 0.3) is 0 Å². The van der Waals surface area contributed by atoms with Crippen molar-refractivity contribution in [2.24, 2.45) is 0 Å². The van der Waals surface area contributed by atoms with Crippen molar-refractivity contribution >= 4 is 17.4 Å². The normalized spacial score (nSPS) is 10.7. The standard InChI is InChI=1S/C24H27N5O2.2H2/c1-4-17-7-6-8-19(9-17)20-10-21(24(28-14-20)22(30)5-2)29-23(31)15-25-11-18-12-26-16(3)27-13-18;;/h6-10,12-14,25H,4-5,11,15H2,1-3H3,(H,29,31);2*1H. The van der Waals surface area contributed by atoms with E-state index in [0.29, 0.717) is 24.5 Å². The summed E-state index contributed by atoms with van der Waals surface area (Å²) in [5.74, 6) is 0.333. The summed E-state index contributed by atoms with van der Waals surface area (Å²) in [6.45, 7) is 6.25. The molecule has 2 heterocycles. The molecule has 0 spiro atoms. The number of ketones is 1. The molecule has 2 aromatic heterocycles. The zero-order valence-electron chi connectivity index (χ0n) is 18.1. The van der Waals surface area contributed by atoms with Crippen LogP contribution in [-0.4, -0.2) is 33.2 Å². The number of hydrogen-bond acceptors (Lipinski definition) is 6. The minimum atomic E-state index is -0.251. The van der Waals surface area contributed by atoms with Crippen molar-refractivity contribution < 1.29 is 12.4 Å². The molecule has 3 aromatic rings. The lowest BCUT2D eigenvalue weighted by molar-refractivity contribution is -0.115. The van der Waals surface area contributed by atoms with Gasteiger partial charge in [0, 0.05) is 45.5 Å². The molecule has 1 aromatic carbocycles. The molecular formula is C24H31N5O2. The first-order chi connectivity index (χ1) is 15.0. The third-order valence-electron chi connectivity index (χ3n) is 4.86. The van der Waals surface area contributed by atoms with Crippen LogP contribution in [0.2, 0.25) is 0 Å². The second-order valence-electron chi connectivity index (χ2n) is 7.24. The Labute approximate surface area is 185 Å². The van der Waals surface area contributed by atoms with Gasteiger partial charge in [-0.05, 0) is 30.5 Å². The molecule has 0 bridgehead atoms. The van der Waals surface area contributed by atoms with E-state index in [-0.39, 0.29) is 26.8 Å². The highest BCUT2D eigenvalue weighted by Crippen LogP contribution is 2.26. The summed E-state index contributed by atoms with van der Waals surface area (Å²) < 4.78 is 0. The molecule has 0 aliphatic rings. The summed E-state index contributed by atoms with van der Waals surface area (Å²) in [6.07, 6.45) is 6.37. The lowest BCUT2D eigenvalue weighted by Gasteiger charge is -2.12. The zero-order chi connectivity index (χ0) is 22.2. The summed E-state index contributed by atoms with van der Waals surface area (Å²) in [6, 6.07) is 9.97. The number of nitrogens with zero attached hydrogens (tertiary/aromatic N) is 3. The third kappa shape index (κ3) is 6.02. The second kappa shape index (κ2) is 10.5. The fraction of sp³-hybridized carbons (Fsp3) is 0.292. The lowest BCUT2D eigenvalue weighted by Crippen LogP contribution is -2.28. The van der Waals surface area contributed by atoms with Crippen molar-refractivity contribution in [1.82, 2.24) is 20.3 Å². The van der Waals surface area contributed by atoms with Crippen LogP contribution in [0, 0.1) is 6.92 Å². The number of aromatic nitrogens is 3. The van der Waals surface area contributed by atoms with E-state index in [9.17, 15) is 9.59 Å². The first-order valence-corrected chi connectivity index (χ1v) is 10.4. The maximum Gasteiger partial charge on any atom is 0.238 e. The van der Waals surface area contributed by atoms with Gasteiger partial charge in [-0.3, -0.25) is 14.6 Å². The van der Waals surface area contributed by atoms with Crippen molar-refractivity contribution in [3.63, 3.8) is 0 Å². The number of carbonyl (C=O) groups is 2. The van der Waals surface area contributed by atoms with Gasteiger partial charge >= 0.3 is 0 Å². The minimum Gasteiger partial charge on any atom is -0.323 e. The van der Waals surface area contributed by atoms with Crippen LogP contribution in [0.5, 0.6) is 0 Å². The summed E-state index contributed by atoms with van der Waals surface area (Å²) in [7, 11) is 0. The van der Waals surface area contributed by atoms with Gasteiger partial charge in [0.1, 0.15) is 11.5 Å². The Hall–Kier alpha value is -3.45. The average Bonchev–Trinajstić information content (AvgIpc) is 2.80. The van der Waals surface area contributed by atoms with E-state index in [0.717, 1.165) is 23.1 Å². The van der Waals surface area contributed by atoms with E-state index in [1.54, 1.807) is 25.5 Å². The third-order valence-corrected chi connectivity index (χ3v) is 4.86. The van der Waals surface area contributed by atoms with Crippen LogP contribution in [-0.2, 0) is 17.8 Å². The largest absolute Gasteiger partial charge is 0.323 e. The summed E-state index contributed by atoms with van der Waals surface area (Å²) in [5, 5.41) is 5.91. The van der Waals surface area contributed by atoms with E-state index in [4.69, 9.17) is 0 Å². The maximum atomic E-state index is 12.5. The number of nitrogens with one attached hydrogen (secondary N) is 2. The summed E-state index contributed by atoms with van der Waals surface area (Å²) >= 11 is 0. The van der Waals surface area contributed by atoms with Gasteiger partial charge in [-0.1, -0.05) is 38.1 Å². The SMILES string of the molecule is CCC(=O)c1ncc(-c2cccc(CC)c2)cc1NC(=O)CNCc1cnc(C)nc1.[HH].[HH]. The van der Waals surface area contributed by atoms with Gasteiger partial charge in [0.2, 0.25) is 5.91 Å². The molecule has 0 unspecified atom stereocenters. The number of amides is 1. The summed E-state index contributed by atoms with van der Waals surface area (Å²) in [5.41, 5.74) is 4.65. The van der Waals surface area contributed by atoms with Crippen molar-refractivity contribution in [3.05, 3.63) is 71.6 Å². The number of carbonyl (C=O) groups excluding carboxylic acids is 2. The Balaban J connectivity index is 0.00000272. The molecule has 0 atom stereocenters. The topological polar surface area (TPSA) is 96.9 Å².